The third kappa shape index (κ3) is 6.33. The molecule has 0 aliphatic carbocycles. The first-order valence-corrected chi connectivity index (χ1v) is 6.75. The van der Waals surface area contributed by atoms with E-state index in [0.717, 1.165) is 6.07 Å². The zero-order chi connectivity index (χ0) is 15.5. The fourth-order valence-corrected chi connectivity index (χ4v) is 2.55. The third-order valence-electron chi connectivity index (χ3n) is 3.58. The van der Waals surface area contributed by atoms with Gasteiger partial charge in [0.05, 0.1) is 13.5 Å². The van der Waals surface area contributed by atoms with Crippen molar-refractivity contribution >= 4 is 24.8 Å². The van der Waals surface area contributed by atoms with Crippen molar-refractivity contribution in [3.8, 4) is 5.75 Å². The Labute approximate surface area is 145 Å². The van der Waals surface area contributed by atoms with E-state index in [2.05, 4.69) is 5.32 Å². The molecule has 1 aliphatic rings. The summed E-state index contributed by atoms with van der Waals surface area (Å²) in [5.41, 5.74) is 0.0648. The lowest BCUT2D eigenvalue weighted by atomic mass is 10.00. The van der Waals surface area contributed by atoms with E-state index in [-0.39, 0.29) is 30.4 Å². The zero-order valence-corrected chi connectivity index (χ0v) is 14.2. The van der Waals surface area contributed by atoms with Crippen molar-refractivity contribution in [2.45, 2.75) is 18.6 Å². The SMILES string of the molecule is COc1ccc([C@H](CC(F)(F)F)N2CCNCC2)c(F)c1.Cl.Cl. The Bertz CT molecular complexity index is 482. The standard InChI is InChI=1S/C14H18F4N2O.2ClH/c1-21-10-2-3-11(12(15)8-10)13(9-14(16,17)18)20-6-4-19-5-7-20;;/h2-3,8,13,19H,4-7,9H2,1H3;2*1H/t13-;;/m0../s1. The average Bonchev–Trinajstić information content (AvgIpc) is 2.45. The molecular weight excluding hydrogens is 359 g/mol. The smallest absolute Gasteiger partial charge is 0.390 e. The Morgan fingerprint density at radius 2 is 1.83 bits per heavy atom. The number of halogens is 6. The first-order valence-electron chi connectivity index (χ1n) is 6.75. The predicted octanol–water partition coefficient (Wildman–Crippen LogP) is 3.58. The van der Waals surface area contributed by atoms with Crippen LogP contribution in [0.25, 0.3) is 0 Å². The largest absolute Gasteiger partial charge is 0.497 e. The van der Waals surface area contributed by atoms with E-state index < -0.39 is 24.5 Å². The van der Waals surface area contributed by atoms with Crippen molar-refractivity contribution in [2.75, 3.05) is 33.3 Å². The molecule has 1 aromatic carbocycles. The fourth-order valence-electron chi connectivity index (χ4n) is 2.55. The van der Waals surface area contributed by atoms with Crippen LogP contribution < -0.4 is 10.1 Å². The minimum Gasteiger partial charge on any atom is -0.497 e. The van der Waals surface area contributed by atoms with Crippen molar-refractivity contribution in [1.82, 2.24) is 10.2 Å². The molecule has 23 heavy (non-hydrogen) atoms. The Morgan fingerprint density at radius 3 is 2.30 bits per heavy atom. The van der Waals surface area contributed by atoms with Crippen molar-refractivity contribution in [3.05, 3.63) is 29.6 Å². The minimum absolute atomic E-state index is 0. The molecular formula is C14H20Cl2F4N2O. The first-order chi connectivity index (χ1) is 9.90. The molecule has 0 bridgehead atoms. The van der Waals surface area contributed by atoms with Crippen LogP contribution in [0.15, 0.2) is 18.2 Å². The van der Waals surface area contributed by atoms with E-state index in [1.807, 2.05) is 0 Å². The molecule has 1 saturated heterocycles. The first kappa shape index (κ1) is 22.2. The maximum atomic E-state index is 14.1. The molecule has 134 valence electrons. The summed E-state index contributed by atoms with van der Waals surface area (Å²) < 4.78 is 57.5. The Balaban J connectivity index is 0.00000242. The van der Waals surface area contributed by atoms with Crippen LogP contribution in [0.3, 0.4) is 0 Å². The van der Waals surface area contributed by atoms with Crippen LogP contribution in [0.5, 0.6) is 5.75 Å². The maximum Gasteiger partial charge on any atom is 0.390 e. The van der Waals surface area contributed by atoms with Gasteiger partial charge in [-0.3, -0.25) is 4.90 Å². The van der Waals surface area contributed by atoms with E-state index in [1.165, 1.54) is 19.2 Å². The maximum absolute atomic E-state index is 14.1. The predicted molar refractivity (Wildman–Crippen MR) is 85.3 cm³/mol. The monoisotopic (exact) mass is 378 g/mol. The lowest BCUT2D eigenvalue weighted by molar-refractivity contribution is -0.149. The number of hydrogen-bond acceptors (Lipinski definition) is 3. The number of methoxy groups -OCH3 is 1. The topological polar surface area (TPSA) is 24.5 Å². The fraction of sp³-hybridized carbons (Fsp3) is 0.571. The summed E-state index contributed by atoms with van der Waals surface area (Å²) in [5.74, 6) is -0.371. The molecule has 2 rings (SSSR count). The van der Waals surface area contributed by atoms with Gasteiger partial charge in [-0.1, -0.05) is 6.07 Å². The molecule has 0 aromatic heterocycles. The van der Waals surface area contributed by atoms with E-state index in [4.69, 9.17) is 4.74 Å². The summed E-state index contributed by atoms with van der Waals surface area (Å²) in [6, 6.07) is 3.00. The van der Waals surface area contributed by atoms with Gasteiger partial charge in [0.15, 0.2) is 0 Å². The number of piperazine rings is 1. The second kappa shape index (κ2) is 9.52. The van der Waals surface area contributed by atoms with Crippen LogP contribution in [0, 0.1) is 5.82 Å². The quantitative estimate of drug-likeness (QED) is 0.810. The second-order valence-electron chi connectivity index (χ2n) is 5.01. The summed E-state index contributed by atoms with van der Waals surface area (Å²) in [7, 11) is 1.39. The summed E-state index contributed by atoms with van der Waals surface area (Å²) in [4.78, 5) is 1.68. The third-order valence-corrected chi connectivity index (χ3v) is 3.58. The van der Waals surface area contributed by atoms with Crippen molar-refractivity contribution in [1.29, 1.82) is 0 Å². The average molecular weight is 379 g/mol. The normalized spacial score (nSPS) is 16.9. The van der Waals surface area contributed by atoms with Crippen LogP contribution >= 0.6 is 24.8 Å². The van der Waals surface area contributed by atoms with Gasteiger partial charge in [-0.05, 0) is 6.07 Å². The molecule has 0 amide bonds. The number of nitrogens with zero attached hydrogens (tertiary/aromatic N) is 1. The highest BCUT2D eigenvalue weighted by Crippen LogP contribution is 2.35. The number of nitrogens with one attached hydrogen (secondary N) is 1. The Morgan fingerprint density at radius 1 is 1.22 bits per heavy atom. The van der Waals surface area contributed by atoms with Crippen LogP contribution in [0.2, 0.25) is 0 Å². The Hall–Kier alpha value is -0.760. The molecule has 0 saturated carbocycles. The van der Waals surface area contributed by atoms with Gasteiger partial charge in [0, 0.05) is 43.9 Å². The highest BCUT2D eigenvalue weighted by atomic mass is 35.5. The molecule has 1 aromatic rings. The van der Waals surface area contributed by atoms with Gasteiger partial charge in [0.2, 0.25) is 0 Å². The lowest BCUT2D eigenvalue weighted by Gasteiger charge is -2.35. The molecule has 1 N–H and O–H groups in total. The molecule has 3 nitrogen and oxygen atoms in total. The number of ether oxygens (including phenoxy) is 1. The van der Waals surface area contributed by atoms with Crippen LogP contribution in [-0.4, -0.2) is 44.4 Å². The van der Waals surface area contributed by atoms with E-state index in [0.29, 0.717) is 31.9 Å². The van der Waals surface area contributed by atoms with Crippen LogP contribution in [0.1, 0.15) is 18.0 Å². The molecule has 0 radical (unpaired) electrons. The molecule has 1 heterocycles. The van der Waals surface area contributed by atoms with Crippen molar-refractivity contribution in [2.24, 2.45) is 0 Å². The van der Waals surface area contributed by atoms with Gasteiger partial charge in [0.25, 0.3) is 0 Å². The number of benzene rings is 1. The lowest BCUT2D eigenvalue weighted by Crippen LogP contribution is -2.46. The van der Waals surface area contributed by atoms with Gasteiger partial charge < -0.3 is 10.1 Å². The summed E-state index contributed by atoms with van der Waals surface area (Å²) in [5, 5.41) is 3.08. The van der Waals surface area contributed by atoms with Crippen LogP contribution in [0.4, 0.5) is 17.6 Å². The second-order valence-corrected chi connectivity index (χ2v) is 5.01. The molecule has 1 fully saturated rings. The van der Waals surface area contributed by atoms with Gasteiger partial charge in [-0.15, -0.1) is 24.8 Å². The molecule has 1 atom stereocenters. The molecule has 1 aliphatic heterocycles. The highest BCUT2D eigenvalue weighted by Gasteiger charge is 2.37. The van der Waals surface area contributed by atoms with Gasteiger partial charge >= 0.3 is 6.18 Å². The van der Waals surface area contributed by atoms with E-state index >= 15 is 0 Å². The highest BCUT2D eigenvalue weighted by molar-refractivity contribution is 5.85. The van der Waals surface area contributed by atoms with Crippen LogP contribution in [-0.2, 0) is 0 Å². The number of rotatable bonds is 4. The number of hydrogen-bond donors (Lipinski definition) is 1. The number of alkyl halides is 3. The summed E-state index contributed by atoms with van der Waals surface area (Å²) in [6.45, 7) is 2.14. The van der Waals surface area contributed by atoms with E-state index in [1.54, 1.807) is 4.90 Å². The summed E-state index contributed by atoms with van der Waals surface area (Å²) >= 11 is 0. The zero-order valence-electron chi connectivity index (χ0n) is 12.5. The molecule has 0 spiro atoms. The van der Waals surface area contributed by atoms with E-state index in [9.17, 15) is 17.6 Å². The molecule has 0 unspecified atom stereocenters. The van der Waals surface area contributed by atoms with Crippen molar-refractivity contribution in [3.63, 3.8) is 0 Å². The van der Waals surface area contributed by atoms with Gasteiger partial charge in [0.1, 0.15) is 11.6 Å². The van der Waals surface area contributed by atoms with Gasteiger partial charge in [-0.25, -0.2) is 4.39 Å². The molecule has 9 heteroatoms. The van der Waals surface area contributed by atoms with Crippen molar-refractivity contribution < 1.29 is 22.3 Å². The Kier molecular flexibility index (Phi) is 9.20. The minimum atomic E-state index is -4.35. The van der Waals surface area contributed by atoms with Gasteiger partial charge in [-0.2, -0.15) is 13.2 Å². The summed E-state index contributed by atoms with van der Waals surface area (Å²) in [6.07, 6.45) is -5.40.